The van der Waals surface area contributed by atoms with E-state index in [1.165, 1.54) is 0 Å². The van der Waals surface area contributed by atoms with Gasteiger partial charge >= 0.3 is 5.88 Å². The molecule has 0 amide bonds. The maximum atomic E-state index is 12.0. The topological polar surface area (TPSA) is 82.3 Å². The number of nitrogens with zero attached hydrogens (tertiary/aromatic N) is 1. The summed E-state index contributed by atoms with van der Waals surface area (Å²) in [5.41, 5.74) is 4.98. The Hall–Kier alpha value is -1.21. The third kappa shape index (κ3) is 2.64. The van der Waals surface area contributed by atoms with Crippen molar-refractivity contribution < 1.29 is 18.1 Å². The fourth-order valence-corrected chi connectivity index (χ4v) is 0.744. The maximum Gasteiger partial charge on any atom is 0.433 e. The lowest BCUT2D eigenvalue weighted by Crippen LogP contribution is -2.17. The molecule has 80 valence electrons. The van der Waals surface area contributed by atoms with E-state index in [0.29, 0.717) is 0 Å². The molecule has 0 saturated heterocycles. The van der Waals surface area contributed by atoms with Crippen molar-refractivity contribution >= 4 is 18.3 Å². The Labute approximate surface area is 83.4 Å². The minimum absolute atomic E-state index is 0. The summed E-state index contributed by atoms with van der Waals surface area (Å²) in [5.74, 6) is -0.882. The lowest BCUT2D eigenvalue weighted by Gasteiger charge is -2.04. The Morgan fingerprint density at radius 3 is 2.43 bits per heavy atom. The minimum atomic E-state index is -2.80. The third-order valence-electron chi connectivity index (χ3n) is 1.39. The average molecular weight is 229 g/mol. The molecule has 0 radical (unpaired) electrons. The fourth-order valence-electron chi connectivity index (χ4n) is 0.744. The molecule has 2 N–H and O–H groups in total. The van der Waals surface area contributed by atoms with E-state index in [2.05, 4.69) is 4.42 Å². The molecule has 1 heterocycles. The first-order valence-corrected chi connectivity index (χ1v) is 3.30. The zero-order valence-electron chi connectivity index (χ0n) is 6.72. The summed E-state index contributed by atoms with van der Waals surface area (Å²) in [5, 5.41) is 10.1. The van der Waals surface area contributed by atoms with Crippen LogP contribution in [0.3, 0.4) is 0 Å². The second-order valence-electron chi connectivity index (χ2n) is 2.29. The average Bonchev–Trinajstić information content (AvgIpc) is 2.50. The van der Waals surface area contributed by atoms with Gasteiger partial charge < -0.3 is 10.2 Å². The van der Waals surface area contributed by atoms with E-state index >= 15 is 0 Å². The van der Waals surface area contributed by atoms with Crippen molar-refractivity contribution in [2.75, 3.05) is 0 Å². The predicted octanol–water partition coefficient (Wildman–Crippen LogP) is 1.87. The molecule has 0 aliphatic carbocycles. The van der Waals surface area contributed by atoms with E-state index in [4.69, 9.17) is 5.73 Å². The molecule has 8 heteroatoms. The van der Waals surface area contributed by atoms with Gasteiger partial charge in [-0.1, -0.05) is 0 Å². The van der Waals surface area contributed by atoms with Crippen LogP contribution in [0.5, 0.6) is 0 Å². The Kier molecular flexibility index (Phi) is 4.45. The molecule has 0 unspecified atom stereocenters. The molecule has 0 saturated carbocycles. The van der Waals surface area contributed by atoms with Crippen LogP contribution in [-0.4, -0.2) is 11.3 Å². The van der Waals surface area contributed by atoms with Gasteiger partial charge in [-0.25, -0.2) is 8.78 Å². The molecular weight excluding hydrogens is 222 g/mol. The van der Waals surface area contributed by atoms with Crippen LogP contribution in [0.25, 0.3) is 0 Å². The number of hydrogen-bond acceptors (Lipinski definition) is 4. The van der Waals surface area contributed by atoms with Gasteiger partial charge in [-0.3, -0.25) is 10.1 Å². The highest BCUT2D eigenvalue weighted by molar-refractivity contribution is 5.85. The summed E-state index contributed by atoms with van der Waals surface area (Å²) >= 11 is 0. The van der Waals surface area contributed by atoms with Crippen LogP contribution in [0.1, 0.15) is 11.8 Å². The van der Waals surface area contributed by atoms with Gasteiger partial charge in [0.25, 0.3) is 6.43 Å². The normalized spacial score (nSPS) is 12.3. The van der Waals surface area contributed by atoms with Crippen LogP contribution in [0, 0.1) is 10.1 Å². The quantitative estimate of drug-likeness (QED) is 0.632. The van der Waals surface area contributed by atoms with Gasteiger partial charge in [0.2, 0.25) is 0 Å². The van der Waals surface area contributed by atoms with E-state index < -0.39 is 23.3 Å². The third-order valence-corrected chi connectivity index (χ3v) is 1.39. The molecular formula is C6H7ClF2N2O3. The molecule has 0 bridgehead atoms. The Morgan fingerprint density at radius 1 is 1.50 bits per heavy atom. The van der Waals surface area contributed by atoms with Crippen LogP contribution >= 0.6 is 12.4 Å². The Balaban J connectivity index is 0.00000169. The molecule has 0 aromatic carbocycles. The zero-order valence-corrected chi connectivity index (χ0v) is 7.54. The first kappa shape index (κ1) is 12.8. The Bertz CT molecular complexity index is 318. The number of nitrogens with two attached hydrogens (primary N) is 1. The van der Waals surface area contributed by atoms with Gasteiger partial charge in [0, 0.05) is 0 Å². The van der Waals surface area contributed by atoms with Crippen molar-refractivity contribution in [1.29, 1.82) is 0 Å². The molecule has 1 atom stereocenters. The van der Waals surface area contributed by atoms with Crippen LogP contribution in [0.4, 0.5) is 14.7 Å². The standard InChI is InChI=1S/C6H6F2N2O3.ClH/c7-6(8)5(9)3-1-2-4(13-3)10(11)12;/h1-2,5-6H,9H2;1H/t5-;/m0./s1. The Morgan fingerprint density at radius 2 is 2.07 bits per heavy atom. The summed E-state index contributed by atoms with van der Waals surface area (Å²) in [6.07, 6.45) is -2.80. The second kappa shape index (κ2) is 4.87. The lowest BCUT2D eigenvalue weighted by atomic mass is 10.2. The number of furan rings is 1. The SMILES string of the molecule is Cl.N[C@@H](c1ccc([N+](=O)[O-])o1)C(F)F. The zero-order chi connectivity index (χ0) is 10.0. The van der Waals surface area contributed by atoms with Gasteiger partial charge in [-0.2, -0.15) is 0 Å². The predicted molar refractivity (Wildman–Crippen MR) is 45.5 cm³/mol. The van der Waals surface area contributed by atoms with Crippen LogP contribution in [0.15, 0.2) is 16.5 Å². The largest absolute Gasteiger partial charge is 0.433 e. The van der Waals surface area contributed by atoms with Crippen molar-refractivity contribution in [3.8, 4) is 0 Å². The number of halogens is 3. The summed E-state index contributed by atoms with van der Waals surface area (Å²) in [6.45, 7) is 0. The van der Waals surface area contributed by atoms with E-state index in [9.17, 15) is 18.9 Å². The van der Waals surface area contributed by atoms with Gasteiger partial charge in [-0.15, -0.1) is 12.4 Å². The lowest BCUT2D eigenvalue weighted by molar-refractivity contribution is -0.402. The van der Waals surface area contributed by atoms with Crippen LogP contribution < -0.4 is 5.73 Å². The van der Waals surface area contributed by atoms with Crippen molar-refractivity contribution in [1.82, 2.24) is 0 Å². The monoisotopic (exact) mass is 228 g/mol. The van der Waals surface area contributed by atoms with Crippen LogP contribution in [-0.2, 0) is 0 Å². The van der Waals surface area contributed by atoms with Crippen molar-refractivity contribution in [2.45, 2.75) is 12.5 Å². The van der Waals surface area contributed by atoms with E-state index in [-0.39, 0.29) is 18.2 Å². The van der Waals surface area contributed by atoms with Gasteiger partial charge in [-0.05, 0) is 6.07 Å². The molecule has 14 heavy (non-hydrogen) atoms. The first-order valence-electron chi connectivity index (χ1n) is 3.30. The summed E-state index contributed by atoms with van der Waals surface area (Å²) in [6, 6.07) is 0.431. The molecule has 0 aliphatic rings. The fraction of sp³-hybridized carbons (Fsp3) is 0.333. The first-order chi connectivity index (χ1) is 6.02. The van der Waals surface area contributed by atoms with Crippen molar-refractivity contribution in [2.24, 2.45) is 5.73 Å². The molecule has 5 nitrogen and oxygen atoms in total. The number of nitro groups is 1. The van der Waals surface area contributed by atoms with Gasteiger partial charge in [0.05, 0.1) is 6.07 Å². The van der Waals surface area contributed by atoms with E-state index in [1.54, 1.807) is 0 Å². The highest BCUT2D eigenvalue weighted by atomic mass is 35.5. The molecule has 1 rings (SSSR count). The van der Waals surface area contributed by atoms with E-state index in [1.807, 2.05) is 0 Å². The van der Waals surface area contributed by atoms with Gasteiger partial charge in [0.1, 0.15) is 16.7 Å². The molecule has 0 aliphatic heterocycles. The molecule has 0 fully saturated rings. The summed E-state index contributed by atoms with van der Waals surface area (Å²) < 4.78 is 28.4. The second-order valence-corrected chi connectivity index (χ2v) is 2.29. The van der Waals surface area contributed by atoms with Gasteiger partial charge in [0.15, 0.2) is 0 Å². The summed E-state index contributed by atoms with van der Waals surface area (Å²) in [7, 11) is 0. The summed E-state index contributed by atoms with van der Waals surface area (Å²) in [4.78, 5) is 9.27. The molecule has 1 aromatic heterocycles. The highest BCUT2D eigenvalue weighted by Gasteiger charge is 2.23. The highest BCUT2D eigenvalue weighted by Crippen LogP contribution is 2.23. The van der Waals surface area contributed by atoms with E-state index in [0.717, 1.165) is 12.1 Å². The van der Waals surface area contributed by atoms with Crippen molar-refractivity contribution in [3.05, 3.63) is 28.0 Å². The van der Waals surface area contributed by atoms with Crippen LogP contribution in [0.2, 0.25) is 0 Å². The number of alkyl halides is 2. The minimum Gasteiger partial charge on any atom is -0.404 e. The number of rotatable bonds is 3. The number of hydrogen-bond donors (Lipinski definition) is 1. The molecule has 1 aromatic rings. The van der Waals surface area contributed by atoms with Crippen molar-refractivity contribution in [3.63, 3.8) is 0 Å². The smallest absolute Gasteiger partial charge is 0.404 e. The molecule has 0 spiro atoms. The maximum absolute atomic E-state index is 12.0.